The van der Waals surface area contributed by atoms with E-state index in [0.717, 1.165) is 61.1 Å². The summed E-state index contributed by atoms with van der Waals surface area (Å²) in [6.07, 6.45) is 9.93. The molecule has 2 fully saturated rings. The molecule has 1 aliphatic carbocycles. The van der Waals surface area contributed by atoms with Crippen LogP contribution < -0.4 is 0 Å². The Hall–Kier alpha value is -2.93. The van der Waals surface area contributed by atoms with E-state index in [9.17, 15) is 4.79 Å². The van der Waals surface area contributed by atoms with Gasteiger partial charge < -0.3 is 14.0 Å². The molecule has 1 atom stereocenters. The van der Waals surface area contributed by atoms with Crippen molar-refractivity contribution >= 4 is 28.7 Å². The third kappa shape index (κ3) is 4.49. The van der Waals surface area contributed by atoms with E-state index < -0.39 is 0 Å². The highest BCUT2D eigenvalue weighted by atomic mass is 35.5. The predicted molar refractivity (Wildman–Crippen MR) is 143 cm³/mol. The van der Waals surface area contributed by atoms with Crippen molar-refractivity contribution in [3.63, 3.8) is 0 Å². The van der Waals surface area contributed by atoms with Gasteiger partial charge in [0.15, 0.2) is 0 Å². The highest BCUT2D eigenvalue weighted by Crippen LogP contribution is 2.32. The van der Waals surface area contributed by atoms with Crippen LogP contribution in [0.4, 0.5) is 0 Å². The van der Waals surface area contributed by atoms with E-state index in [-0.39, 0.29) is 11.8 Å². The van der Waals surface area contributed by atoms with Crippen molar-refractivity contribution in [2.75, 3.05) is 39.4 Å². The maximum Gasteiger partial charge on any atom is 0.230 e. The van der Waals surface area contributed by atoms with Crippen LogP contribution in [0.5, 0.6) is 0 Å². The van der Waals surface area contributed by atoms with Crippen LogP contribution >= 0.6 is 11.6 Å². The summed E-state index contributed by atoms with van der Waals surface area (Å²) >= 11 is 6.18. The van der Waals surface area contributed by atoms with E-state index in [1.165, 1.54) is 16.8 Å². The number of aromatic nitrogens is 2. The number of rotatable bonds is 5. The zero-order valence-corrected chi connectivity index (χ0v) is 21.3. The van der Waals surface area contributed by atoms with Crippen molar-refractivity contribution in [3.05, 3.63) is 77.1 Å². The lowest BCUT2D eigenvalue weighted by molar-refractivity contribution is -0.151. The Morgan fingerprint density at radius 3 is 2.50 bits per heavy atom. The first-order valence-electron chi connectivity index (χ1n) is 12.8. The van der Waals surface area contributed by atoms with Crippen molar-refractivity contribution < 1.29 is 9.53 Å². The number of amides is 1. The number of halogens is 1. The first kappa shape index (κ1) is 23.5. The number of carbonyl (C=O) groups is 1. The highest BCUT2D eigenvalue weighted by molar-refractivity contribution is 6.30. The molecule has 0 radical (unpaired) electrons. The average Bonchev–Trinajstić information content (AvgIpc) is 3.21. The molecule has 2 aromatic heterocycles. The van der Waals surface area contributed by atoms with Gasteiger partial charge in [0.05, 0.1) is 30.5 Å². The van der Waals surface area contributed by atoms with Crippen LogP contribution in [0.2, 0.25) is 5.02 Å². The van der Waals surface area contributed by atoms with Crippen molar-refractivity contribution in [1.29, 1.82) is 0 Å². The summed E-state index contributed by atoms with van der Waals surface area (Å²) in [5.74, 6) is 0.782. The lowest BCUT2D eigenvalue weighted by Gasteiger charge is -2.38. The van der Waals surface area contributed by atoms with Crippen LogP contribution in [-0.2, 0) is 16.1 Å². The lowest BCUT2D eigenvalue weighted by atomic mass is 9.89. The van der Waals surface area contributed by atoms with Crippen molar-refractivity contribution in [1.82, 2.24) is 19.2 Å². The summed E-state index contributed by atoms with van der Waals surface area (Å²) < 4.78 is 7.48. The second-order valence-corrected chi connectivity index (χ2v) is 10.5. The summed E-state index contributed by atoms with van der Waals surface area (Å²) in [6.45, 7) is 7.39. The van der Waals surface area contributed by atoms with Crippen LogP contribution in [0.1, 0.15) is 24.6 Å². The fourth-order valence-electron chi connectivity index (χ4n) is 5.36. The molecule has 6 rings (SSSR count). The average molecular weight is 503 g/mol. The second kappa shape index (κ2) is 9.85. The van der Waals surface area contributed by atoms with Gasteiger partial charge in [-0.15, -0.1) is 0 Å². The number of ether oxygens (including phenoxy) is 1. The van der Waals surface area contributed by atoms with Crippen LogP contribution in [0, 0.1) is 11.8 Å². The number of fused-ring (bicyclic) bond motifs is 1. The first-order valence-corrected chi connectivity index (χ1v) is 13.2. The Labute approximate surface area is 216 Å². The zero-order valence-electron chi connectivity index (χ0n) is 20.6. The normalized spacial score (nSPS) is 21.0. The van der Waals surface area contributed by atoms with Crippen molar-refractivity contribution in [3.8, 4) is 11.3 Å². The van der Waals surface area contributed by atoms with Gasteiger partial charge in [-0.2, -0.15) is 0 Å². The number of pyridine rings is 1. The molecular formula is C29H31ClN4O2. The molecule has 3 aromatic rings. The molecule has 0 bridgehead atoms. The van der Waals surface area contributed by atoms with Crippen LogP contribution in [0.25, 0.3) is 22.5 Å². The van der Waals surface area contributed by atoms with E-state index in [1.54, 1.807) is 0 Å². The maximum atomic E-state index is 12.7. The molecule has 6 nitrogen and oxygen atoms in total. The predicted octanol–water partition coefficient (Wildman–Crippen LogP) is 4.92. The minimum Gasteiger partial charge on any atom is -0.380 e. The summed E-state index contributed by atoms with van der Waals surface area (Å²) in [4.78, 5) is 22.1. The largest absolute Gasteiger partial charge is 0.380 e. The van der Waals surface area contributed by atoms with E-state index in [0.29, 0.717) is 19.1 Å². The molecular weight excluding hydrogens is 472 g/mol. The van der Waals surface area contributed by atoms with Gasteiger partial charge in [-0.25, -0.2) is 4.98 Å². The van der Waals surface area contributed by atoms with Crippen molar-refractivity contribution in [2.24, 2.45) is 11.8 Å². The summed E-state index contributed by atoms with van der Waals surface area (Å²) in [5.41, 5.74) is 6.75. The van der Waals surface area contributed by atoms with Gasteiger partial charge >= 0.3 is 0 Å². The number of benzene rings is 1. The summed E-state index contributed by atoms with van der Waals surface area (Å²) in [6, 6.07) is 12.2. The molecule has 0 spiro atoms. The smallest absolute Gasteiger partial charge is 0.230 e. The molecule has 1 amide bonds. The van der Waals surface area contributed by atoms with Gasteiger partial charge in [0.2, 0.25) is 5.91 Å². The van der Waals surface area contributed by atoms with Gasteiger partial charge in [0, 0.05) is 49.5 Å². The molecule has 186 valence electrons. The fraction of sp³-hybridized carbons (Fsp3) is 0.379. The quantitative estimate of drug-likeness (QED) is 0.496. The van der Waals surface area contributed by atoms with E-state index in [1.807, 2.05) is 29.2 Å². The second-order valence-electron chi connectivity index (χ2n) is 10.1. The lowest BCUT2D eigenvalue weighted by Crippen LogP contribution is -2.53. The number of carbonyl (C=O) groups excluding carboxylic acids is 1. The monoisotopic (exact) mass is 502 g/mol. The Morgan fingerprint density at radius 2 is 1.81 bits per heavy atom. The zero-order chi connectivity index (χ0) is 24.6. The molecule has 2 aliphatic heterocycles. The van der Waals surface area contributed by atoms with E-state index >= 15 is 0 Å². The third-order valence-electron chi connectivity index (χ3n) is 7.65. The molecule has 36 heavy (non-hydrogen) atoms. The molecule has 1 unspecified atom stereocenters. The molecule has 2 saturated heterocycles. The van der Waals surface area contributed by atoms with Crippen LogP contribution in [0.3, 0.4) is 0 Å². The molecule has 1 aromatic carbocycles. The Bertz CT molecular complexity index is 1330. The SMILES string of the molecule is CC1CC=CC=C1c1ccc2nc(-c3ccc(Cl)cc3)c(CN3CCN(C(=O)C4COC4)CC3)n2c1. The number of allylic oxidation sites excluding steroid dienone is 4. The van der Waals surface area contributed by atoms with Crippen LogP contribution in [-0.4, -0.2) is 64.5 Å². The number of hydrogen-bond acceptors (Lipinski definition) is 4. The third-order valence-corrected chi connectivity index (χ3v) is 7.90. The molecule has 4 heterocycles. The number of piperazine rings is 1. The molecule has 7 heteroatoms. The van der Waals surface area contributed by atoms with Gasteiger partial charge in [0.1, 0.15) is 5.65 Å². The first-order chi connectivity index (χ1) is 17.6. The van der Waals surface area contributed by atoms with Gasteiger partial charge in [-0.3, -0.25) is 9.69 Å². The van der Waals surface area contributed by atoms with Gasteiger partial charge in [0.25, 0.3) is 0 Å². The Balaban J connectivity index is 1.32. The fourth-order valence-corrected chi connectivity index (χ4v) is 5.48. The van der Waals surface area contributed by atoms with Crippen molar-refractivity contribution in [2.45, 2.75) is 19.9 Å². The number of nitrogens with zero attached hydrogens (tertiary/aromatic N) is 4. The maximum absolute atomic E-state index is 12.7. The minimum absolute atomic E-state index is 0.0524. The molecule has 0 N–H and O–H groups in total. The minimum atomic E-state index is 0.0524. The standard InChI is InChI=1S/C29H31ClN4O2/c1-20-4-2-3-5-25(20)22-8-11-27-31-28(21-6-9-24(30)10-7-21)26(34(27)16-22)17-32-12-14-33(15-13-32)29(35)23-18-36-19-23/h2-3,5-11,16,20,23H,4,12-15,17-19H2,1H3. The summed E-state index contributed by atoms with van der Waals surface area (Å²) in [7, 11) is 0. The topological polar surface area (TPSA) is 50.1 Å². The summed E-state index contributed by atoms with van der Waals surface area (Å²) in [5, 5.41) is 0.718. The molecule has 3 aliphatic rings. The van der Waals surface area contributed by atoms with E-state index in [2.05, 4.69) is 52.8 Å². The van der Waals surface area contributed by atoms with Gasteiger partial charge in [-0.1, -0.05) is 48.9 Å². The highest BCUT2D eigenvalue weighted by Gasteiger charge is 2.32. The Morgan fingerprint density at radius 1 is 1.06 bits per heavy atom. The number of hydrogen-bond donors (Lipinski definition) is 0. The van der Waals surface area contributed by atoms with Crippen LogP contribution in [0.15, 0.2) is 60.8 Å². The Kier molecular flexibility index (Phi) is 6.42. The van der Waals surface area contributed by atoms with Gasteiger partial charge in [-0.05, 0) is 47.7 Å². The molecule has 0 saturated carbocycles. The van der Waals surface area contributed by atoms with E-state index in [4.69, 9.17) is 21.3 Å². The number of imidazole rings is 1.